The van der Waals surface area contributed by atoms with Crippen molar-refractivity contribution in [3.8, 4) is 0 Å². The van der Waals surface area contributed by atoms with Gasteiger partial charge in [-0.05, 0) is 11.8 Å². The maximum atomic E-state index is 13.3. The predicted octanol–water partition coefficient (Wildman–Crippen LogP) is 5.28. The average molecular weight is 520 g/mol. The van der Waals surface area contributed by atoms with E-state index >= 15 is 0 Å². The fraction of sp³-hybridized carbons (Fsp3) is 0.842. The molecule has 0 aromatic rings. The second kappa shape index (κ2) is 11.5. The highest BCUT2D eigenvalue weighted by atomic mass is 19.4. The molecule has 0 aromatic carbocycles. The van der Waals surface area contributed by atoms with Crippen LogP contribution in [0.3, 0.4) is 0 Å². The zero-order valence-electron chi connectivity index (χ0n) is 18.7. The lowest BCUT2D eigenvalue weighted by molar-refractivity contribution is -0.397. The number of esters is 3. The van der Waals surface area contributed by atoms with E-state index in [1.165, 1.54) is 0 Å². The summed E-state index contributed by atoms with van der Waals surface area (Å²) in [4.78, 5) is 34.6. The van der Waals surface area contributed by atoms with Crippen molar-refractivity contribution in [1.29, 1.82) is 0 Å². The van der Waals surface area contributed by atoms with Crippen molar-refractivity contribution in [3.05, 3.63) is 0 Å². The third-order valence-electron chi connectivity index (χ3n) is 4.82. The van der Waals surface area contributed by atoms with Crippen molar-refractivity contribution in [1.82, 2.24) is 0 Å². The van der Waals surface area contributed by atoms with Gasteiger partial charge in [-0.25, -0.2) is 0 Å². The molecule has 0 N–H and O–H groups in total. The molecular formula is C19H25F9O6. The monoisotopic (exact) mass is 520 g/mol. The van der Waals surface area contributed by atoms with Gasteiger partial charge >= 0.3 is 41.9 Å². The van der Waals surface area contributed by atoms with Crippen molar-refractivity contribution in [2.45, 2.75) is 77.3 Å². The molecule has 15 heteroatoms. The van der Waals surface area contributed by atoms with Crippen molar-refractivity contribution < 1.29 is 68.1 Å². The van der Waals surface area contributed by atoms with Crippen LogP contribution in [0.2, 0.25) is 0 Å². The fourth-order valence-corrected chi connectivity index (χ4v) is 2.43. The predicted molar refractivity (Wildman–Crippen MR) is 96.0 cm³/mol. The molecule has 1 atom stereocenters. The van der Waals surface area contributed by atoms with Crippen LogP contribution < -0.4 is 0 Å². The molecule has 0 aromatic heterocycles. The van der Waals surface area contributed by atoms with Crippen LogP contribution in [0.25, 0.3) is 0 Å². The summed E-state index contributed by atoms with van der Waals surface area (Å²) >= 11 is 0. The van der Waals surface area contributed by atoms with Gasteiger partial charge in [-0.2, -0.15) is 39.5 Å². The second-order valence-corrected chi connectivity index (χ2v) is 8.22. The van der Waals surface area contributed by atoms with Gasteiger partial charge in [0.15, 0.2) is 0 Å². The van der Waals surface area contributed by atoms with Crippen molar-refractivity contribution >= 4 is 17.9 Å². The molecule has 200 valence electrons. The maximum Gasteiger partial charge on any atom is 0.460 e. The van der Waals surface area contributed by atoms with Gasteiger partial charge in [0.1, 0.15) is 6.42 Å². The molecule has 6 nitrogen and oxygen atoms in total. The van der Waals surface area contributed by atoms with Gasteiger partial charge in [-0.15, -0.1) is 0 Å². The Bertz CT molecular complexity index is 720. The molecule has 0 aliphatic rings. The fourth-order valence-electron chi connectivity index (χ4n) is 2.43. The second-order valence-electron chi connectivity index (χ2n) is 8.22. The number of alkyl halides is 9. The molecule has 0 spiro atoms. The number of ether oxygens (including phenoxy) is 3. The van der Waals surface area contributed by atoms with E-state index in [0.29, 0.717) is 6.42 Å². The Kier molecular flexibility index (Phi) is 10.7. The largest absolute Gasteiger partial charge is 0.465 e. The van der Waals surface area contributed by atoms with E-state index in [2.05, 4.69) is 14.2 Å². The van der Waals surface area contributed by atoms with E-state index < -0.39 is 74.0 Å². The highest BCUT2D eigenvalue weighted by molar-refractivity contribution is 5.91. The zero-order chi connectivity index (χ0) is 27.2. The van der Waals surface area contributed by atoms with Crippen LogP contribution in [0, 0.1) is 11.3 Å². The van der Waals surface area contributed by atoms with Crippen molar-refractivity contribution in [3.63, 3.8) is 0 Å². The number of carbonyl (C=O) groups excluding carboxylic acids is 3. The normalized spacial score (nSPS) is 14.4. The smallest absolute Gasteiger partial charge is 0.460 e. The first-order valence-corrected chi connectivity index (χ1v) is 9.79. The highest BCUT2D eigenvalue weighted by Gasteiger charge is 2.81. The number of hydrogen-bond donors (Lipinski definition) is 0. The molecule has 0 radical (unpaired) electrons. The van der Waals surface area contributed by atoms with Crippen LogP contribution in [0.1, 0.15) is 53.4 Å². The van der Waals surface area contributed by atoms with E-state index in [-0.39, 0.29) is 5.41 Å². The lowest BCUT2D eigenvalue weighted by Gasteiger charge is -2.33. The number of halogens is 9. The summed E-state index contributed by atoms with van der Waals surface area (Å²) < 4.78 is 127. The van der Waals surface area contributed by atoms with Crippen LogP contribution in [-0.4, -0.2) is 55.3 Å². The van der Waals surface area contributed by atoms with Crippen LogP contribution in [0.5, 0.6) is 0 Å². The summed E-state index contributed by atoms with van der Waals surface area (Å²) in [6.07, 6.45) is -9.39. The Balaban J connectivity index is 4.54. The van der Waals surface area contributed by atoms with Crippen LogP contribution in [0.4, 0.5) is 39.5 Å². The molecule has 0 bridgehead atoms. The summed E-state index contributed by atoms with van der Waals surface area (Å²) in [6.45, 7) is 4.72. The highest BCUT2D eigenvalue weighted by Crippen LogP contribution is 2.53. The molecule has 0 aliphatic heterocycles. The summed E-state index contributed by atoms with van der Waals surface area (Å²) in [5.41, 5.74) is -0.164. The van der Waals surface area contributed by atoms with Crippen LogP contribution in [0.15, 0.2) is 0 Å². The number of rotatable bonds is 13. The minimum Gasteiger partial charge on any atom is -0.465 e. The quantitative estimate of drug-likeness (QED) is 0.142. The van der Waals surface area contributed by atoms with Crippen LogP contribution in [-0.2, 0) is 28.6 Å². The first-order valence-electron chi connectivity index (χ1n) is 9.79. The molecule has 0 amide bonds. The lowest BCUT2D eigenvalue weighted by Crippen LogP contribution is -2.61. The van der Waals surface area contributed by atoms with Crippen LogP contribution >= 0.6 is 0 Å². The standard InChI is InChI=1S/C19H25F9O6/c1-5-15(3,4)9-11(2)14(31)34-10-33-13(30)8-12(29)32-7-6-16(20,21)17(22,23)18(24,25)19(26,27)28/h11H,5-10H2,1-4H3. The first-order chi connectivity index (χ1) is 15.1. The van der Waals surface area contributed by atoms with E-state index in [4.69, 9.17) is 0 Å². The van der Waals surface area contributed by atoms with Gasteiger partial charge in [0.25, 0.3) is 0 Å². The molecule has 0 saturated heterocycles. The molecule has 34 heavy (non-hydrogen) atoms. The Morgan fingerprint density at radius 3 is 1.76 bits per heavy atom. The Morgan fingerprint density at radius 1 is 0.794 bits per heavy atom. The summed E-state index contributed by atoms with van der Waals surface area (Å²) in [7, 11) is 0. The minimum atomic E-state index is -7.06. The van der Waals surface area contributed by atoms with Gasteiger partial charge in [-0.1, -0.05) is 34.1 Å². The summed E-state index contributed by atoms with van der Waals surface area (Å²) in [5, 5.41) is 0. The Morgan fingerprint density at radius 2 is 1.29 bits per heavy atom. The van der Waals surface area contributed by atoms with Gasteiger partial charge in [0.2, 0.25) is 6.79 Å². The third kappa shape index (κ3) is 8.53. The van der Waals surface area contributed by atoms with Crippen molar-refractivity contribution in [2.24, 2.45) is 11.3 Å². The SMILES string of the molecule is CCC(C)(C)CC(C)C(=O)OCOC(=O)CC(=O)OCCC(F)(F)C(F)(F)C(F)(F)C(F)(F)F. The zero-order valence-corrected chi connectivity index (χ0v) is 18.7. The first kappa shape index (κ1) is 31.8. The van der Waals surface area contributed by atoms with E-state index in [0.717, 1.165) is 6.42 Å². The van der Waals surface area contributed by atoms with Gasteiger partial charge in [0.05, 0.1) is 18.9 Å². The molecule has 0 fully saturated rings. The molecule has 0 rings (SSSR count). The molecule has 0 heterocycles. The van der Waals surface area contributed by atoms with Gasteiger partial charge < -0.3 is 14.2 Å². The van der Waals surface area contributed by atoms with Gasteiger partial charge in [-0.3, -0.25) is 14.4 Å². The van der Waals surface area contributed by atoms with E-state index in [9.17, 15) is 53.9 Å². The summed E-state index contributed by atoms with van der Waals surface area (Å²) in [6, 6.07) is 0. The maximum absolute atomic E-state index is 13.3. The minimum absolute atomic E-state index is 0.164. The third-order valence-corrected chi connectivity index (χ3v) is 4.82. The Hall–Kier alpha value is -2.22. The number of hydrogen-bond acceptors (Lipinski definition) is 6. The Labute approximate surface area is 189 Å². The van der Waals surface area contributed by atoms with E-state index in [1.54, 1.807) is 6.92 Å². The summed E-state index contributed by atoms with van der Waals surface area (Å²) in [5.74, 6) is -24.1. The molecular weight excluding hydrogens is 495 g/mol. The topological polar surface area (TPSA) is 78.9 Å². The molecule has 0 aliphatic carbocycles. The average Bonchev–Trinajstić information content (AvgIpc) is 2.66. The van der Waals surface area contributed by atoms with E-state index in [1.807, 2.05) is 20.8 Å². The number of carbonyl (C=O) groups is 3. The molecule has 0 saturated carbocycles. The van der Waals surface area contributed by atoms with Gasteiger partial charge in [0, 0.05) is 0 Å². The molecule has 1 unspecified atom stereocenters. The lowest BCUT2D eigenvalue weighted by atomic mass is 9.81. The van der Waals surface area contributed by atoms with Crippen molar-refractivity contribution in [2.75, 3.05) is 13.4 Å².